The second-order valence-electron chi connectivity index (χ2n) is 5.81. The van der Waals surface area contributed by atoms with Crippen LogP contribution in [0.4, 0.5) is 25.2 Å². The van der Waals surface area contributed by atoms with Gasteiger partial charge in [-0.1, -0.05) is 12.1 Å². The van der Waals surface area contributed by atoms with Crippen molar-refractivity contribution in [2.75, 3.05) is 0 Å². The van der Waals surface area contributed by atoms with Crippen LogP contribution in [0, 0.1) is 12.1 Å². The van der Waals surface area contributed by atoms with Gasteiger partial charge in [0.05, 0.1) is 0 Å². The van der Waals surface area contributed by atoms with Crippen molar-refractivity contribution in [1.82, 2.24) is 9.97 Å². The summed E-state index contributed by atoms with van der Waals surface area (Å²) in [5, 5.41) is 0. The summed E-state index contributed by atoms with van der Waals surface area (Å²) in [7, 11) is -10.7. The molecule has 10 heteroatoms. The smallest absolute Gasteiger partial charge is 0.270 e. The molecule has 0 aliphatic carbocycles. The Kier molecular flexibility index (Phi) is 8.13. The summed E-state index contributed by atoms with van der Waals surface area (Å²) in [5.41, 5.74) is 3.29. The molecular formula is C22H16F6IrN2P. The second-order valence-corrected chi connectivity index (χ2v) is 7.72. The standard InChI is InChI=1S/2C11H8N.F6P.Ir/c2*1-2-6-10(7-3-1)11-8-4-5-9-12-11;1-7(2,3,4,5)6;/h2*1-2,4-9H;;/q3*-1;+3/i2*7D;;. The van der Waals surface area contributed by atoms with E-state index in [1.807, 2.05) is 60.7 Å². The van der Waals surface area contributed by atoms with E-state index >= 15 is 0 Å². The SMILES string of the molecule is F[P-](F)(F)(F)(F)F.[2H]c1[c-]cccc1-c1ccccn1.[2H]c1[c-]cccc1-c1ccccn1.[Ir+3]. The van der Waals surface area contributed by atoms with Gasteiger partial charge in [-0.25, -0.2) is 0 Å². The van der Waals surface area contributed by atoms with Gasteiger partial charge in [-0.15, -0.1) is 11.1 Å². The molecule has 0 aliphatic heterocycles. The number of hydrogen-bond donors (Lipinski definition) is 0. The molecule has 2 aromatic carbocycles. The molecule has 0 radical (unpaired) electrons. The molecule has 0 saturated heterocycles. The van der Waals surface area contributed by atoms with Gasteiger partial charge in [-0.3, -0.25) is 9.97 Å². The maximum absolute atomic E-state index is 10.7. The first-order valence-corrected chi connectivity index (χ1v) is 10.6. The Hall–Kier alpha value is -2.60. The summed E-state index contributed by atoms with van der Waals surface area (Å²) in [6.45, 7) is 0. The molecule has 32 heavy (non-hydrogen) atoms. The maximum atomic E-state index is 9.87. The Bertz CT molecular complexity index is 1090. The topological polar surface area (TPSA) is 25.8 Å². The number of pyridine rings is 2. The molecule has 2 aromatic heterocycles. The fourth-order valence-corrected chi connectivity index (χ4v) is 2.05. The van der Waals surface area contributed by atoms with Crippen LogP contribution in [0.3, 0.4) is 0 Å². The second kappa shape index (κ2) is 10.8. The molecule has 0 N–H and O–H groups in total. The molecule has 4 rings (SSSR count). The van der Waals surface area contributed by atoms with Crippen molar-refractivity contribution in [1.29, 1.82) is 0 Å². The van der Waals surface area contributed by atoms with Gasteiger partial charge < -0.3 is 0 Å². The molecule has 0 aliphatic rings. The molecule has 170 valence electrons. The van der Waals surface area contributed by atoms with Crippen LogP contribution in [0.2, 0.25) is 0 Å². The third kappa shape index (κ3) is 13.7. The zero-order valence-corrected chi connectivity index (χ0v) is 19.3. The average molecular weight is 648 g/mol. The Balaban J connectivity index is 0.000000264. The number of hydrogen-bond acceptors (Lipinski definition) is 2. The van der Waals surface area contributed by atoms with Crippen molar-refractivity contribution >= 4 is 7.81 Å². The summed E-state index contributed by atoms with van der Waals surface area (Å²) in [4.78, 5) is 8.34. The minimum atomic E-state index is -10.7. The van der Waals surface area contributed by atoms with Gasteiger partial charge in [0.15, 0.2) is 0 Å². The molecule has 0 amide bonds. The van der Waals surface area contributed by atoms with Gasteiger partial charge in [-0.2, -0.15) is 60.6 Å². The normalized spacial score (nSPS) is 13.2. The number of rotatable bonds is 2. The van der Waals surface area contributed by atoms with Crippen molar-refractivity contribution < 1.29 is 48.0 Å². The van der Waals surface area contributed by atoms with Crippen molar-refractivity contribution in [3.63, 3.8) is 0 Å². The number of nitrogens with zero attached hydrogens (tertiary/aromatic N) is 2. The van der Waals surface area contributed by atoms with Crippen LogP contribution in [0.15, 0.2) is 97.3 Å². The van der Waals surface area contributed by atoms with Crippen molar-refractivity contribution in [3.05, 3.63) is 109 Å². The van der Waals surface area contributed by atoms with E-state index < -0.39 is 7.81 Å². The van der Waals surface area contributed by atoms with E-state index in [1.165, 1.54) is 0 Å². The third-order valence-electron chi connectivity index (χ3n) is 3.18. The maximum Gasteiger partial charge on any atom is 3.00 e. The molecular weight excluding hydrogens is 629 g/mol. The van der Waals surface area contributed by atoms with Crippen LogP contribution < -0.4 is 0 Å². The van der Waals surface area contributed by atoms with E-state index in [9.17, 15) is 25.2 Å². The van der Waals surface area contributed by atoms with Gasteiger partial charge >= 0.3 is 53.1 Å². The van der Waals surface area contributed by atoms with E-state index in [0.717, 1.165) is 22.5 Å². The van der Waals surface area contributed by atoms with E-state index in [4.69, 9.17) is 2.74 Å². The predicted molar refractivity (Wildman–Crippen MR) is 111 cm³/mol. The monoisotopic (exact) mass is 648 g/mol. The van der Waals surface area contributed by atoms with Gasteiger partial charge in [0.25, 0.3) is 0 Å². The summed E-state index contributed by atoms with van der Waals surface area (Å²) < 4.78 is 74.4. The molecule has 0 fully saturated rings. The van der Waals surface area contributed by atoms with Gasteiger partial charge in [0.2, 0.25) is 0 Å². The van der Waals surface area contributed by atoms with Gasteiger partial charge in [0, 0.05) is 26.5 Å². The Morgan fingerprint density at radius 3 is 1.28 bits per heavy atom. The van der Waals surface area contributed by atoms with Crippen molar-refractivity contribution in [2.24, 2.45) is 0 Å². The fraction of sp³-hybridized carbons (Fsp3) is 0. The summed E-state index contributed by atoms with van der Waals surface area (Å²) >= 11 is 0. The molecule has 2 nitrogen and oxygen atoms in total. The summed E-state index contributed by atoms with van der Waals surface area (Å²) in [5.74, 6) is 0. The van der Waals surface area contributed by atoms with Crippen molar-refractivity contribution in [3.8, 4) is 22.5 Å². The molecule has 4 aromatic rings. The molecule has 0 atom stereocenters. The molecule has 0 bridgehead atoms. The van der Waals surface area contributed by atoms with E-state index in [2.05, 4.69) is 22.1 Å². The third-order valence-corrected chi connectivity index (χ3v) is 3.18. The number of halogens is 6. The van der Waals surface area contributed by atoms with Crippen molar-refractivity contribution in [2.45, 2.75) is 0 Å². The largest absolute Gasteiger partial charge is 3.00 e. The first kappa shape index (κ1) is 24.0. The Morgan fingerprint density at radius 2 is 1.00 bits per heavy atom. The zero-order valence-electron chi connectivity index (χ0n) is 18.0. The fourth-order valence-electron chi connectivity index (χ4n) is 2.05. The van der Waals surface area contributed by atoms with Crippen LogP contribution in [-0.4, -0.2) is 9.97 Å². The predicted octanol–water partition coefficient (Wildman–Crippen LogP) is 8.48. The van der Waals surface area contributed by atoms with Crippen LogP contribution in [0.1, 0.15) is 2.74 Å². The number of aromatic nitrogens is 2. The molecule has 0 spiro atoms. The van der Waals surface area contributed by atoms with E-state index in [0.29, 0.717) is 12.1 Å². The van der Waals surface area contributed by atoms with Crippen LogP contribution in [0.25, 0.3) is 22.5 Å². The summed E-state index contributed by atoms with van der Waals surface area (Å²) in [6.07, 6.45) is 3.45. The molecule has 2 heterocycles. The Morgan fingerprint density at radius 1 is 0.625 bits per heavy atom. The quantitative estimate of drug-likeness (QED) is 0.124. The first-order valence-electron chi connectivity index (χ1n) is 9.54. The minimum Gasteiger partial charge on any atom is -0.270 e. The van der Waals surface area contributed by atoms with E-state index in [1.54, 1.807) is 24.5 Å². The molecule has 0 unspecified atom stereocenters. The van der Waals surface area contributed by atoms with Gasteiger partial charge in [0.1, 0.15) is 0 Å². The van der Waals surface area contributed by atoms with Gasteiger partial charge in [-0.05, 0) is 24.3 Å². The average Bonchev–Trinajstić information content (AvgIpc) is 2.74. The van der Waals surface area contributed by atoms with E-state index in [-0.39, 0.29) is 20.1 Å². The first-order chi connectivity index (χ1) is 15.2. The number of benzene rings is 2. The Labute approximate surface area is 197 Å². The summed E-state index contributed by atoms with van der Waals surface area (Å²) in [6, 6.07) is 28.7. The zero-order chi connectivity index (χ0) is 24.6. The van der Waals surface area contributed by atoms with Crippen LogP contribution in [-0.2, 0) is 20.1 Å². The van der Waals surface area contributed by atoms with Crippen LogP contribution >= 0.6 is 7.81 Å². The molecule has 0 saturated carbocycles. The minimum absolute atomic E-state index is 0. The van der Waals surface area contributed by atoms with Crippen LogP contribution in [0.5, 0.6) is 0 Å².